The average molecular weight is 338 g/mol. The Hall–Kier alpha value is -1.56. The fourth-order valence-electron chi connectivity index (χ4n) is 3.09. The molecule has 1 aliphatic rings. The third-order valence-corrected chi connectivity index (χ3v) is 6.07. The molecule has 1 atom stereocenters. The van der Waals surface area contributed by atoms with Crippen molar-refractivity contribution in [3.05, 3.63) is 29.8 Å². The number of para-hydroxylation sites is 1. The van der Waals surface area contributed by atoms with E-state index < -0.39 is 9.84 Å². The topological polar surface area (TPSA) is 66.5 Å². The van der Waals surface area contributed by atoms with Gasteiger partial charge < -0.3 is 10.2 Å². The number of carbonyl (C=O) groups is 1. The Morgan fingerprint density at radius 1 is 1.35 bits per heavy atom. The quantitative estimate of drug-likeness (QED) is 0.864. The molecule has 128 valence electrons. The van der Waals surface area contributed by atoms with Gasteiger partial charge in [-0.15, -0.1) is 0 Å². The van der Waals surface area contributed by atoms with Gasteiger partial charge >= 0.3 is 0 Å². The summed E-state index contributed by atoms with van der Waals surface area (Å²) >= 11 is 0. The lowest BCUT2D eigenvalue weighted by Gasteiger charge is -2.27. The van der Waals surface area contributed by atoms with Gasteiger partial charge in [0.1, 0.15) is 0 Å². The van der Waals surface area contributed by atoms with Gasteiger partial charge in [-0.2, -0.15) is 0 Å². The number of benzene rings is 1. The molecule has 1 N–H and O–H groups in total. The van der Waals surface area contributed by atoms with Crippen LogP contribution in [0.5, 0.6) is 0 Å². The van der Waals surface area contributed by atoms with Crippen LogP contribution in [0.4, 0.5) is 5.69 Å². The molecule has 1 amide bonds. The minimum atomic E-state index is -2.98. The Bertz CT molecular complexity index is 656. The van der Waals surface area contributed by atoms with E-state index in [0.29, 0.717) is 18.9 Å². The Labute approximate surface area is 139 Å². The smallest absolute Gasteiger partial charge is 0.242 e. The predicted molar refractivity (Wildman–Crippen MR) is 93.5 cm³/mol. The van der Waals surface area contributed by atoms with Gasteiger partial charge in [0.15, 0.2) is 9.84 Å². The Morgan fingerprint density at radius 2 is 2.04 bits per heavy atom. The summed E-state index contributed by atoms with van der Waals surface area (Å²) in [6.45, 7) is 6.85. The van der Waals surface area contributed by atoms with Crippen molar-refractivity contribution in [2.45, 2.75) is 39.2 Å². The number of amides is 1. The largest absolute Gasteiger partial charge is 0.376 e. The summed E-state index contributed by atoms with van der Waals surface area (Å²) in [5.74, 6) is 0.601. The lowest BCUT2D eigenvalue weighted by atomic mass is 10.0. The SMILES string of the molecule is CCN(C(=O)CNc1ccccc1C(C)C)C1CCS(=O)(=O)C1. The third-order valence-electron chi connectivity index (χ3n) is 4.32. The number of likely N-dealkylation sites (N-methyl/N-ethyl adjacent to an activating group) is 1. The van der Waals surface area contributed by atoms with E-state index in [1.165, 1.54) is 5.56 Å². The number of sulfone groups is 1. The van der Waals surface area contributed by atoms with Crippen molar-refractivity contribution >= 4 is 21.4 Å². The maximum Gasteiger partial charge on any atom is 0.242 e. The first-order valence-electron chi connectivity index (χ1n) is 8.16. The maximum absolute atomic E-state index is 12.5. The van der Waals surface area contributed by atoms with E-state index >= 15 is 0 Å². The molecule has 1 unspecified atom stereocenters. The molecule has 2 rings (SSSR count). The zero-order valence-electron chi connectivity index (χ0n) is 14.1. The highest BCUT2D eigenvalue weighted by molar-refractivity contribution is 7.91. The second-order valence-corrected chi connectivity index (χ2v) is 8.56. The molecule has 1 heterocycles. The summed E-state index contributed by atoms with van der Waals surface area (Å²) in [6.07, 6.45) is 0.546. The van der Waals surface area contributed by atoms with Gasteiger partial charge in [0, 0.05) is 18.3 Å². The van der Waals surface area contributed by atoms with Crippen LogP contribution < -0.4 is 5.32 Å². The minimum absolute atomic E-state index is 0.0480. The minimum Gasteiger partial charge on any atom is -0.376 e. The monoisotopic (exact) mass is 338 g/mol. The molecule has 0 aliphatic carbocycles. The Balaban J connectivity index is 2.01. The molecule has 5 nitrogen and oxygen atoms in total. The molecule has 1 aliphatic heterocycles. The summed E-state index contributed by atoms with van der Waals surface area (Å²) in [5, 5.41) is 3.21. The van der Waals surface area contributed by atoms with Crippen molar-refractivity contribution in [2.75, 3.05) is 29.9 Å². The van der Waals surface area contributed by atoms with Crippen LogP contribution in [0.25, 0.3) is 0 Å². The van der Waals surface area contributed by atoms with Crippen molar-refractivity contribution in [3.8, 4) is 0 Å². The first kappa shape index (κ1) is 17.8. The number of anilines is 1. The van der Waals surface area contributed by atoms with Crippen LogP contribution in [0.2, 0.25) is 0 Å². The van der Waals surface area contributed by atoms with Crippen LogP contribution >= 0.6 is 0 Å². The van der Waals surface area contributed by atoms with Gasteiger partial charge in [-0.1, -0.05) is 32.0 Å². The van der Waals surface area contributed by atoms with Crippen LogP contribution in [0.15, 0.2) is 24.3 Å². The molecule has 1 aromatic rings. The lowest BCUT2D eigenvalue weighted by Crippen LogP contribution is -2.43. The first-order valence-corrected chi connectivity index (χ1v) is 9.99. The highest BCUT2D eigenvalue weighted by Gasteiger charge is 2.33. The van der Waals surface area contributed by atoms with Gasteiger partial charge in [0.05, 0.1) is 18.1 Å². The highest BCUT2D eigenvalue weighted by Crippen LogP contribution is 2.24. The number of hydrogen-bond acceptors (Lipinski definition) is 4. The molecular weight excluding hydrogens is 312 g/mol. The number of rotatable bonds is 6. The van der Waals surface area contributed by atoms with E-state index in [2.05, 4.69) is 25.2 Å². The molecule has 1 saturated heterocycles. The highest BCUT2D eigenvalue weighted by atomic mass is 32.2. The molecular formula is C17H26N2O3S. The standard InChI is InChI=1S/C17H26N2O3S/c1-4-19(14-9-10-23(21,22)12-14)17(20)11-18-16-8-6-5-7-15(16)13(2)3/h5-8,13-14,18H,4,9-12H2,1-3H3. The summed E-state index contributed by atoms with van der Waals surface area (Å²) in [4.78, 5) is 14.2. The molecule has 23 heavy (non-hydrogen) atoms. The molecule has 6 heteroatoms. The van der Waals surface area contributed by atoms with Crippen molar-refractivity contribution in [1.29, 1.82) is 0 Å². The van der Waals surface area contributed by atoms with Gasteiger partial charge in [0.2, 0.25) is 5.91 Å². The molecule has 0 radical (unpaired) electrons. The van der Waals surface area contributed by atoms with Crippen LogP contribution in [-0.4, -0.2) is 49.9 Å². The van der Waals surface area contributed by atoms with Gasteiger partial charge in [-0.3, -0.25) is 4.79 Å². The van der Waals surface area contributed by atoms with Crippen molar-refractivity contribution in [2.24, 2.45) is 0 Å². The Kier molecular flexibility index (Phi) is 5.68. The molecule has 0 aromatic heterocycles. The van der Waals surface area contributed by atoms with E-state index in [-0.39, 0.29) is 30.0 Å². The number of nitrogens with zero attached hydrogens (tertiary/aromatic N) is 1. The molecule has 0 saturated carbocycles. The van der Waals surface area contributed by atoms with Gasteiger partial charge in [-0.25, -0.2) is 8.42 Å². The summed E-state index contributed by atoms with van der Waals surface area (Å²) in [6, 6.07) is 7.78. The van der Waals surface area contributed by atoms with Crippen LogP contribution in [-0.2, 0) is 14.6 Å². The number of nitrogens with one attached hydrogen (secondary N) is 1. The van der Waals surface area contributed by atoms with E-state index in [0.717, 1.165) is 5.69 Å². The van der Waals surface area contributed by atoms with Crippen molar-refractivity contribution in [3.63, 3.8) is 0 Å². The van der Waals surface area contributed by atoms with Crippen LogP contribution in [0.3, 0.4) is 0 Å². The van der Waals surface area contributed by atoms with Crippen molar-refractivity contribution in [1.82, 2.24) is 4.90 Å². The van der Waals surface area contributed by atoms with Crippen LogP contribution in [0.1, 0.15) is 38.7 Å². The molecule has 1 fully saturated rings. The average Bonchev–Trinajstić information content (AvgIpc) is 2.86. The normalized spacial score (nSPS) is 19.7. The summed E-state index contributed by atoms with van der Waals surface area (Å²) in [7, 11) is -2.98. The van der Waals surface area contributed by atoms with E-state index in [1.807, 2.05) is 25.1 Å². The molecule has 1 aromatic carbocycles. The predicted octanol–water partition coefficient (Wildman–Crippen LogP) is 2.26. The zero-order valence-corrected chi connectivity index (χ0v) is 14.9. The van der Waals surface area contributed by atoms with Crippen LogP contribution in [0, 0.1) is 0 Å². The van der Waals surface area contributed by atoms with Gasteiger partial charge in [0.25, 0.3) is 0 Å². The fraction of sp³-hybridized carbons (Fsp3) is 0.588. The lowest BCUT2D eigenvalue weighted by molar-refractivity contribution is -0.130. The van der Waals surface area contributed by atoms with E-state index in [1.54, 1.807) is 4.90 Å². The second kappa shape index (κ2) is 7.34. The number of carbonyl (C=O) groups excluding carboxylic acids is 1. The Morgan fingerprint density at radius 3 is 2.61 bits per heavy atom. The maximum atomic E-state index is 12.5. The van der Waals surface area contributed by atoms with Crippen molar-refractivity contribution < 1.29 is 13.2 Å². The summed E-state index contributed by atoms with van der Waals surface area (Å²) in [5.41, 5.74) is 2.14. The first-order chi connectivity index (χ1) is 10.8. The molecule has 0 bridgehead atoms. The fourth-order valence-corrected chi connectivity index (χ4v) is 4.82. The second-order valence-electron chi connectivity index (χ2n) is 6.33. The number of hydrogen-bond donors (Lipinski definition) is 1. The van der Waals surface area contributed by atoms with E-state index in [4.69, 9.17) is 0 Å². The zero-order chi connectivity index (χ0) is 17.0. The van der Waals surface area contributed by atoms with E-state index in [9.17, 15) is 13.2 Å². The summed E-state index contributed by atoms with van der Waals surface area (Å²) < 4.78 is 23.3. The van der Waals surface area contributed by atoms with Gasteiger partial charge in [-0.05, 0) is 30.9 Å². The third kappa shape index (κ3) is 4.47. The molecule has 0 spiro atoms.